The molecule has 0 unspecified atom stereocenters. The van der Waals surface area contributed by atoms with Gasteiger partial charge in [-0.15, -0.1) is 4.40 Å². The summed E-state index contributed by atoms with van der Waals surface area (Å²) in [5, 5.41) is 5.10. The Hall–Kier alpha value is -1.86. The molecule has 21 heavy (non-hydrogen) atoms. The van der Waals surface area contributed by atoms with Gasteiger partial charge in [0.25, 0.3) is 10.0 Å². The molecule has 110 valence electrons. The van der Waals surface area contributed by atoms with E-state index in [0.29, 0.717) is 11.5 Å². The average molecular weight is 304 g/mol. The molecule has 2 N–H and O–H groups in total. The molecule has 0 saturated heterocycles. The van der Waals surface area contributed by atoms with Gasteiger partial charge in [0.1, 0.15) is 10.7 Å². The normalized spacial score (nSPS) is 23.2. The number of sulfonamides is 1. The molecular weight excluding hydrogens is 288 g/mol. The molecule has 0 spiro atoms. The largest absolute Gasteiger partial charge is 0.342 e. The van der Waals surface area contributed by atoms with Crippen LogP contribution in [0, 0.1) is 5.92 Å². The van der Waals surface area contributed by atoms with Crippen LogP contribution in [0.3, 0.4) is 0 Å². The molecule has 3 aliphatic rings. The average Bonchev–Trinajstić information content (AvgIpc) is 3.19. The quantitative estimate of drug-likeness (QED) is 0.864. The molecule has 1 fully saturated rings. The lowest BCUT2D eigenvalue weighted by Crippen LogP contribution is -2.24. The SMILES string of the molecule is CN1C=C(c2ccc3c(c2)NC(C2CC2)=NS3(=O)=O)CN1. The highest BCUT2D eigenvalue weighted by Crippen LogP contribution is 2.37. The van der Waals surface area contributed by atoms with Crippen LogP contribution in [0.4, 0.5) is 5.69 Å². The zero-order valence-corrected chi connectivity index (χ0v) is 12.4. The Bertz CT molecular complexity index is 778. The van der Waals surface area contributed by atoms with Gasteiger partial charge < -0.3 is 10.3 Å². The van der Waals surface area contributed by atoms with Crippen molar-refractivity contribution in [1.29, 1.82) is 0 Å². The first-order valence-corrected chi connectivity index (χ1v) is 8.40. The van der Waals surface area contributed by atoms with E-state index >= 15 is 0 Å². The second-order valence-electron chi connectivity index (χ2n) is 5.66. The van der Waals surface area contributed by atoms with E-state index in [2.05, 4.69) is 15.1 Å². The van der Waals surface area contributed by atoms with Crippen LogP contribution < -0.4 is 10.7 Å². The summed E-state index contributed by atoms with van der Waals surface area (Å²) >= 11 is 0. The first-order chi connectivity index (χ1) is 10.0. The molecule has 7 heteroatoms. The lowest BCUT2D eigenvalue weighted by molar-refractivity contribution is 0.374. The van der Waals surface area contributed by atoms with Crippen molar-refractivity contribution in [3.8, 4) is 0 Å². The Balaban J connectivity index is 1.76. The van der Waals surface area contributed by atoms with Crippen molar-refractivity contribution in [3.63, 3.8) is 0 Å². The second kappa shape index (κ2) is 4.32. The minimum atomic E-state index is -3.57. The van der Waals surface area contributed by atoms with E-state index in [1.807, 2.05) is 30.4 Å². The van der Waals surface area contributed by atoms with Gasteiger partial charge in [-0.2, -0.15) is 8.42 Å². The van der Waals surface area contributed by atoms with Crippen LogP contribution in [0.1, 0.15) is 18.4 Å². The van der Waals surface area contributed by atoms with Gasteiger partial charge >= 0.3 is 0 Å². The standard InChI is InChI=1S/C14H16N4O2S/c1-18-8-11(7-15-18)10-4-5-13-12(6-10)16-14(9-2-3-9)17-21(13,19)20/h4-6,8-9,15H,2-3,7H2,1H3,(H,16,17). The molecule has 2 aliphatic heterocycles. The molecule has 0 amide bonds. The highest BCUT2D eigenvalue weighted by molar-refractivity contribution is 7.90. The summed E-state index contributed by atoms with van der Waals surface area (Å²) in [5.74, 6) is 0.866. The van der Waals surface area contributed by atoms with Gasteiger partial charge in [0.2, 0.25) is 0 Å². The molecule has 4 rings (SSSR count). The van der Waals surface area contributed by atoms with Crippen LogP contribution in [-0.4, -0.2) is 32.9 Å². The summed E-state index contributed by atoms with van der Waals surface area (Å²) in [6.45, 7) is 0.742. The minimum absolute atomic E-state index is 0.260. The predicted octanol–water partition coefficient (Wildman–Crippen LogP) is 1.40. The highest BCUT2D eigenvalue weighted by Gasteiger charge is 2.34. The fraction of sp³-hybridized carbons (Fsp3) is 0.357. The Morgan fingerprint density at radius 2 is 2.14 bits per heavy atom. The Labute approximate surface area is 123 Å². The maximum absolute atomic E-state index is 12.2. The molecule has 1 aromatic rings. The maximum atomic E-state index is 12.2. The maximum Gasteiger partial charge on any atom is 0.286 e. The number of hydrazine groups is 1. The second-order valence-corrected chi connectivity index (χ2v) is 7.23. The number of fused-ring (bicyclic) bond motifs is 1. The van der Waals surface area contributed by atoms with E-state index in [4.69, 9.17) is 0 Å². The lowest BCUT2D eigenvalue weighted by Gasteiger charge is -2.19. The van der Waals surface area contributed by atoms with E-state index in [0.717, 1.165) is 30.5 Å². The lowest BCUT2D eigenvalue weighted by atomic mass is 10.1. The fourth-order valence-corrected chi connectivity index (χ4v) is 3.82. The summed E-state index contributed by atoms with van der Waals surface area (Å²) < 4.78 is 28.4. The molecule has 2 heterocycles. The third-order valence-electron chi connectivity index (χ3n) is 3.94. The van der Waals surface area contributed by atoms with E-state index in [9.17, 15) is 8.42 Å². The van der Waals surface area contributed by atoms with Crippen molar-refractivity contribution < 1.29 is 8.42 Å². The smallest absolute Gasteiger partial charge is 0.286 e. The van der Waals surface area contributed by atoms with E-state index in [1.54, 1.807) is 6.07 Å². The number of hydrogen-bond acceptors (Lipinski definition) is 5. The van der Waals surface area contributed by atoms with Gasteiger partial charge in [0.05, 0.1) is 5.69 Å². The third kappa shape index (κ3) is 2.22. The van der Waals surface area contributed by atoms with Crippen molar-refractivity contribution >= 4 is 27.1 Å². The number of hydrogen-bond donors (Lipinski definition) is 2. The van der Waals surface area contributed by atoms with Crippen LogP contribution in [0.25, 0.3) is 5.57 Å². The van der Waals surface area contributed by atoms with Gasteiger partial charge in [-0.25, -0.2) is 5.43 Å². The molecule has 0 bridgehead atoms. The molecular formula is C14H16N4O2S. The Morgan fingerprint density at radius 1 is 1.33 bits per heavy atom. The first kappa shape index (κ1) is 12.8. The zero-order chi connectivity index (χ0) is 14.6. The van der Waals surface area contributed by atoms with Crippen LogP contribution in [0.2, 0.25) is 0 Å². The predicted molar refractivity (Wildman–Crippen MR) is 81.2 cm³/mol. The number of amidine groups is 1. The van der Waals surface area contributed by atoms with E-state index < -0.39 is 10.0 Å². The van der Waals surface area contributed by atoms with Crippen molar-refractivity contribution in [2.24, 2.45) is 10.3 Å². The van der Waals surface area contributed by atoms with Crippen LogP contribution in [-0.2, 0) is 10.0 Å². The van der Waals surface area contributed by atoms with Gasteiger partial charge in [0.15, 0.2) is 0 Å². The number of nitrogens with one attached hydrogen (secondary N) is 2. The highest BCUT2D eigenvalue weighted by atomic mass is 32.2. The van der Waals surface area contributed by atoms with Crippen molar-refractivity contribution in [1.82, 2.24) is 10.4 Å². The minimum Gasteiger partial charge on any atom is -0.342 e. The zero-order valence-electron chi connectivity index (χ0n) is 11.6. The first-order valence-electron chi connectivity index (χ1n) is 6.96. The molecule has 1 aliphatic carbocycles. The molecule has 1 aromatic carbocycles. The molecule has 6 nitrogen and oxygen atoms in total. The van der Waals surface area contributed by atoms with Gasteiger partial charge in [-0.05, 0) is 36.1 Å². The number of benzene rings is 1. The van der Waals surface area contributed by atoms with Crippen LogP contribution in [0.5, 0.6) is 0 Å². The molecule has 0 radical (unpaired) electrons. The summed E-state index contributed by atoms with van der Waals surface area (Å²) in [4.78, 5) is 0.260. The van der Waals surface area contributed by atoms with Crippen molar-refractivity contribution in [2.45, 2.75) is 17.7 Å². The topological polar surface area (TPSA) is 73.8 Å². The summed E-state index contributed by atoms with van der Waals surface area (Å²) in [6, 6.07) is 5.37. The molecule has 1 saturated carbocycles. The number of anilines is 1. The van der Waals surface area contributed by atoms with E-state index in [1.165, 1.54) is 0 Å². The number of rotatable bonds is 2. The van der Waals surface area contributed by atoms with E-state index in [-0.39, 0.29) is 10.8 Å². The fourth-order valence-electron chi connectivity index (χ4n) is 2.64. The summed E-state index contributed by atoms with van der Waals surface area (Å²) in [6.07, 6.45) is 4.03. The van der Waals surface area contributed by atoms with Crippen LogP contribution in [0.15, 0.2) is 33.7 Å². The van der Waals surface area contributed by atoms with Gasteiger partial charge in [-0.3, -0.25) is 0 Å². The van der Waals surface area contributed by atoms with Crippen molar-refractivity contribution in [3.05, 3.63) is 30.0 Å². The van der Waals surface area contributed by atoms with Crippen LogP contribution >= 0.6 is 0 Å². The Kier molecular flexibility index (Phi) is 2.64. The van der Waals surface area contributed by atoms with Gasteiger partial charge in [0, 0.05) is 25.7 Å². The molecule has 0 aromatic heterocycles. The summed E-state index contributed by atoms with van der Waals surface area (Å²) in [7, 11) is -1.63. The monoisotopic (exact) mass is 304 g/mol. The summed E-state index contributed by atoms with van der Waals surface area (Å²) in [5.41, 5.74) is 5.97. The Morgan fingerprint density at radius 3 is 2.81 bits per heavy atom. The molecule has 0 atom stereocenters. The number of nitrogens with zero attached hydrogens (tertiary/aromatic N) is 2. The van der Waals surface area contributed by atoms with Gasteiger partial charge in [-0.1, -0.05) is 6.07 Å². The van der Waals surface area contributed by atoms with Crippen molar-refractivity contribution in [2.75, 3.05) is 18.9 Å². The third-order valence-corrected chi connectivity index (χ3v) is 5.29.